The molecule has 0 bridgehead atoms. The third-order valence-corrected chi connectivity index (χ3v) is 3.29. The molecule has 0 aliphatic heterocycles. The summed E-state index contributed by atoms with van der Waals surface area (Å²) in [6.45, 7) is -1.85. The Balaban J connectivity index is 3.19. The number of Topliss-reactive ketones (excluding diaryl/α,β-unsaturated/α-hetero) is 1. The Bertz CT molecular complexity index is 437. The lowest BCUT2D eigenvalue weighted by molar-refractivity contribution is -0.116. The first-order valence-electron chi connectivity index (χ1n) is 4.84. The van der Waals surface area contributed by atoms with Gasteiger partial charge in [0, 0.05) is 5.56 Å². The topological polar surface area (TPSA) is 26.3 Å². The summed E-state index contributed by atoms with van der Waals surface area (Å²) < 4.78 is 53.6. The van der Waals surface area contributed by atoms with Crippen LogP contribution in [0.25, 0.3) is 0 Å². The van der Waals surface area contributed by atoms with E-state index in [0.29, 0.717) is 0 Å². The quantitative estimate of drug-likeness (QED) is 0.596. The second-order valence-corrected chi connectivity index (χ2v) is 4.36. The summed E-state index contributed by atoms with van der Waals surface area (Å²) >= 11 is 2.94. The highest BCUT2D eigenvalue weighted by atomic mass is 79.9. The zero-order chi connectivity index (χ0) is 13.9. The lowest BCUT2D eigenvalue weighted by atomic mass is 10.0. The third kappa shape index (κ3) is 3.69. The summed E-state index contributed by atoms with van der Waals surface area (Å²) in [4.78, 5) is 10.2. The lowest BCUT2D eigenvalue weighted by Crippen LogP contribution is -2.07. The molecule has 1 atom stereocenters. The Morgan fingerprint density at radius 2 is 1.83 bits per heavy atom. The maximum atomic E-state index is 12.7. The lowest BCUT2D eigenvalue weighted by Gasteiger charge is -2.14. The van der Waals surface area contributed by atoms with Gasteiger partial charge in [-0.05, 0) is 30.7 Å². The fraction of sp³-hybridized carbons (Fsp3) is 0.364. The maximum Gasteiger partial charge on any atom is 0.387 e. The van der Waals surface area contributed by atoms with Crippen LogP contribution in [0.1, 0.15) is 29.3 Å². The van der Waals surface area contributed by atoms with Crippen LogP contribution in [0.4, 0.5) is 17.6 Å². The molecule has 0 fully saturated rings. The number of alkyl halides is 5. The molecule has 0 saturated carbocycles. The van der Waals surface area contributed by atoms with Crippen LogP contribution in [0.2, 0.25) is 0 Å². The van der Waals surface area contributed by atoms with Crippen LogP contribution in [-0.4, -0.2) is 12.4 Å². The first kappa shape index (κ1) is 14.9. The maximum absolute atomic E-state index is 12.7. The molecular formula is C11H9BrF4O2. The molecule has 2 nitrogen and oxygen atoms in total. The van der Waals surface area contributed by atoms with Crippen molar-refractivity contribution in [3.8, 4) is 5.75 Å². The van der Waals surface area contributed by atoms with Crippen molar-refractivity contribution in [1.29, 1.82) is 0 Å². The van der Waals surface area contributed by atoms with E-state index in [2.05, 4.69) is 20.7 Å². The van der Waals surface area contributed by atoms with Crippen molar-refractivity contribution in [2.24, 2.45) is 0 Å². The summed E-state index contributed by atoms with van der Waals surface area (Å²) in [5, 5.41) is 0. The van der Waals surface area contributed by atoms with Crippen LogP contribution >= 0.6 is 15.9 Å². The van der Waals surface area contributed by atoms with Crippen LogP contribution in [0.15, 0.2) is 18.2 Å². The van der Waals surface area contributed by atoms with Gasteiger partial charge in [0.2, 0.25) is 0 Å². The average molecular weight is 329 g/mol. The summed E-state index contributed by atoms with van der Waals surface area (Å²) in [6, 6.07) is 2.99. The smallest absolute Gasteiger partial charge is 0.387 e. The zero-order valence-electron chi connectivity index (χ0n) is 9.17. The van der Waals surface area contributed by atoms with Gasteiger partial charge in [0.15, 0.2) is 0 Å². The minimum absolute atomic E-state index is 0.0735. The Morgan fingerprint density at radius 3 is 2.28 bits per heavy atom. The van der Waals surface area contributed by atoms with Crippen LogP contribution in [-0.2, 0) is 4.79 Å². The Kier molecular flexibility index (Phi) is 5.13. The average Bonchev–Trinajstić information content (AvgIpc) is 2.26. The number of carbonyl (C=O) groups excluding carboxylic acids is 1. The van der Waals surface area contributed by atoms with E-state index in [-0.39, 0.29) is 11.3 Å². The molecule has 18 heavy (non-hydrogen) atoms. The standard InChI is InChI=1S/C11H9BrF4O2/c1-5(17)9(12)8-4-6(18-11(15)16)2-3-7(8)10(13)14/h2-4,9-11H,1H3. The number of hydrogen-bond donors (Lipinski definition) is 0. The molecule has 7 heteroatoms. The highest BCUT2D eigenvalue weighted by Crippen LogP contribution is 2.35. The molecule has 100 valence electrons. The van der Waals surface area contributed by atoms with Gasteiger partial charge in [-0.15, -0.1) is 0 Å². The van der Waals surface area contributed by atoms with E-state index in [4.69, 9.17) is 0 Å². The fourth-order valence-corrected chi connectivity index (χ4v) is 1.76. The number of halogens is 5. The van der Waals surface area contributed by atoms with Gasteiger partial charge < -0.3 is 4.74 Å². The molecule has 0 aliphatic rings. The molecule has 1 unspecified atom stereocenters. The first-order chi connectivity index (χ1) is 8.32. The normalized spacial score (nSPS) is 12.9. The summed E-state index contributed by atoms with van der Waals surface area (Å²) in [5.74, 6) is -0.679. The van der Waals surface area contributed by atoms with Gasteiger partial charge >= 0.3 is 6.61 Å². The number of rotatable bonds is 5. The van der Waals surface area contributed by atoms with Crippen LogP contribution < -0.4 is 4.74 Å². The third-order valence-electron chi connectivity index (χ3n) is 2.15. The van der Waals surface area contributed by atoms with Gasteiger partial charge in [-0.25, -0.2) is 8.78 Å². The van der Waals surface area contributed by atoms with E-state index in [1.165, 1.54) is 6.92 Å². The zero-order valence-corrected chi connectivity index (χ0v) is 10.8. The predicted octanol–water partition coefficient (Wildman–Crippen LogP) is 4.25. The number of ether oxygens (including phenoxy) is 1. The molecule has 1 rings (SSSR count). The first-order valence-corrected chi connectivity index (χ1v) is 5.75. The van der Waals surface area contributed by atoms with Gasteiger partial charge in [-0.1, -0.05) is 15.9 Å². The Hall–Kier alpha value is -1.11. The molecule has 1 aromatic rings. The number of benzene rings is 1. The summed E-state index contributed by atoms with van der Waals surface area (Å²) in [6.07, 6.45) is -2.81. The van der Waals surface area contributed by atoms with Gasteiger partial charge in [0.05, 0.1) is 4.83 Å². The van der Waals surface area contributed by atoms with Crippen molar-refractivity contribution in [3.63, 3.8) is 0 Å². The second kappa shape index (κ2) is 6.17. The second-order valence-electron chi connectivity index (χ2n) is 3.44. The molecule has 0 aromatic heterocycles. The minimum atomic E-state index is -3.05. The van der Waals surface area contributed by atoms with Crippen LogP contribution in [0, 0.1) is 0 Å². The van der Waals surface area contributed by atoms with Crippen molar-refractivity contribution in [2.75, 3.05) is 0 Å². The van der Waals surface area contributed by atoms with E-state index in [0.717, 1.165) is 18.2 Å². The Morgan fingerprint density at radius 1 is 1.22 bits per heavy atom. The van der Waals surface area contributed by atoms with E-state index >= 15 is 0 Å². The summed E-state index contributed by atoms with van der Waals surface area (Å²) in [5.41, 5.74) is -0.468. The molecule has 0 N–H and O–H groups in total. The molecule has 0 amide bonds. The van der Waals surface area contributed by atoms with Crippen molar-refractivity contribution >= 4 is 21.7 Å². The van der Waals surface area contributed by atoms with E-state index < -0.39 is 29.2 Å². The van der Waals surface area contributed by atoms with E-state index in [9.17, 15) is 22.4 Å². The van der Waals surface area contributed by atoms with Crippen LogP contribution in [0.3, 0.4) is 0 Å². The van der Waals surface area contributed by atoms with Gasteiger partial charge in [-0.3, -0.25) is 4.79 Å². The van der Waals surface area contributed by atoms with Crippen LogP contribution in [0.5, 0.6) is 5.75 Å². The summed E-state index contributed by atoms with van der Waals surface area (Å²) in [7, 11) is 0. The highest BCUT2D eigenvalue weighted by molar-refractivity contribution is 9.09. The van der Waals surface area contributed by atoms with E-state index in [1.807, 2.05) is 0 Å². The van der Waals surface area contributed by atoms with E-state index in [1.54, 1.807) is 0 Å². The molecule has 0 aliphatic carbocycles. The SMILES string of the molecule is CC(=O)C(Br)c1cc(OC(F)F)ccc1C(F)F. The van der Waals surface area contributed by atoms with Crippen molar-refractivity contribution in [1.82, 2.24) is 0 Å². The Labute approximate surface area is 109 Å². The monoisotopic (exact) mass is 328 g/mol. The fourth-order valence-electron chi connectivity index (χ4n) is 1.37. The number of ketones is 1. The van der Waals surface area contributed by atoms with Gasteiger partial charge in [-0.2, -0.15) is 8.78 Å². The molecule has 0 radical (unpaired) electrons. The molecule has 0 heterocycles. The van der Waals surface area contributed by atoms with Gasteiger partial charge in [0.25, 0.3) is 6.43 Å². The van der Waals surface area contributed by atoms with Crippen molar-refractivity contribution < 1.29 is 27.1 Å². The predicted molar refractivity (Wildman–Crippen MR) is 60.4 cm³/mol. The molecule has 1 aromatic carbocycles. The number of carbonyl (C=O) groups is 1. The van der Waals surface area contributed by atoms with Crippen molar-refractivity contribution in [2.45, 2.75) is 24.8 Å². The molecule has 0 spiro atoms. The minimum Gasteiger partial charge on any atom is -0.435 e. The molecule has 0 saturated heterocycles. The van der Waals surface area contributed by atoms with Crippen molar-refractivity contribution in [3.05, 3.63) is 29.3 Å². The molecular weight excluding hydrogens is 320 g/mol. The highest BCUT2D eigenvalue weighted by Gasteiger charge is 2.22. The largest absolute Gasteiger partial charge is 0.435 e. The number of hydrogen-bond acceptors (Lipinski definition) is 2. The van der Waals surface area contributed by atoms with Gasteiger partial charge in [0.1, 0.15) is 11.5 Å².